The molecule has 2 unspecified atom stereocenters. The van der Waals surface area contributed by atoms with Gasteiger partial charge in [-0.25, -0.2) is 9.48 Å². The number of rotatable bonds is 9. The molecule has 0 saturated carbocycles. The van der Waals surface area contributed by atoms with E-state index in [4.69, 9.17) is 5.73 Å². The summed E-state index contributed by atoms with van der Waals surface area (Å²) in [6, 6.07) is -1.19. The molecule has 5 N–H and O–H groups in total. The van der Waals surface area contributed by atoms with Crippen molar-refractivity contribution < 1.29 is 24.3 Å². The van der Waals surface area contributed by atoms with E-state index < -0.39 is 17.9 Å². The van der Waals surface area contributed by atoms with Gasteiger partial charge in [-0.05, 0) is 50.0 Å². The minimum atomic E-state index is -1.15. The summed E-state index contributed by atoms with van der Waals surface area (Å²) in [5, 5.41) is 26.9. The van der Waals surface area contributed by atoms with Crippen molar-refractivity contribution in [2.45, 2.75) is 76.0 Å². The van der Waals surface area contributed by atoms with Crippen molar-refractivity contribution in [3.8, 4) is 0 Å². The minimum Gasteiger partial charge on any atom is -0.477 e. The Kier molecular flexibility index (Phi) is 7.65. The number of hydrogen-bond acceptors (Lipinski definition) is 10. The molecule has 4 aliphatic rings. The zero-order valence-corrected chi connectivity index (χ0v) is 23.9. The molecule has 3 amide bonds. The molecule has 3 saturated heterocycles. The lowest BCUT2D eigenvalue weighted by Crippen LogP contribution is -2.66. The summed E-state index contributed by atoms with van der Waals surface area (Å²) in [7, 11) is 0. The molecular weight excluding hydrogens is 538 g/mol. The maximum absolute atomic E-state index is 13.2. The molecule has 218 valence electrons. The largest absolute Gasteiger partial charge is 0.477 e. The number of carboxylic acid groups (broad SMARTS) is 1. The van der Waals surface area contributed by atoms with Crippen LogP contribution in [0.1, 0.15) is 40.5 Å². The van der Waals surface area contributed by atoms with E-state index in [9.17, 15) is 24.3 Å². The fraction of sp³-hybridized carbons (Fsp3) is 0.720. The molecule has 5 rings (SSSR count). The number of carbonyl (C=O) groups excluding carboxylic acids is 3. The molecule has 1 aromatic heterocycles. The van der Waals surface area contributed by atoms with E-state index in [0.29, 0.717) is 31.0 Å². The molecule has 40 heavy (non-hydrogen) atoms. The van der Waals surface area contributed by atoms with E-state index in [0.717, 1.165) is 6.42 Å². The number of thioether (sulfide) groups is 1. The van der Waals surface area contributed by atoms with Crippen LogP contribution in [-0.2, 0) is 25.7 Å². The lowest BCUT2D eigenvalue weighted by atomic mass is 9.78. The number of tetrazole rings is 1. The molecule has 3 fully saturated rings. The fourth-order valence-corrected chi connectivity index (χ4v) is 7.91. The molecular formula is C25H37N9O5S. The second kappa shape index (κ2) is 10.7. The first kappa shape index (κ1) is 28.5. The van der Waals surface area contributed by atoms with Gasteiger partial charge in [0.05, 0.1) is 18.0 Å². The third-order valence-corrected chi connectivity index (χ3v) is 10.2. The Morgan fingerprint density at radius 2 is 2.10 bits per heavy atom. The van der Waals surface area contributed by atoms with Gasteiger partial charge >= 0.3 is 5.97 Å². The van der Waals surface area contributed by atoms with Crippen LogP contribution in [0.25, 0.3) is 0 Å². The molecule has 0 spiro atoms. The smallest absolute Gasteiger partial charge is 0.353 e. The maximum atomic E-state index is 13.2. The van der Waals surface area contributed by atoms with Crippen LogP contribution in [-0.4, -0.2) is 107 Å². The van der Waals surface area contributed by atoms with Crippen LogP contribution < -0.4 is 16.4 Å². The Labute approximate surface area is 236 Å². The number of carbonyl (C=O) groups is 4. The minimum absolute atomic E-state index is 0.00855. The van der Waals surface area contributed by atoms with Gasteiger partial charge in [0, 0.05) is 47.3 Å². The highest BCUT2D eigenvalue weighted by molar-refractivity contribution is 8.03. The second-order valence-electron chi connectivity index (χ2n) is 11.9. The zero-order valence-electron chi connectivity index (χ0n) is 23.1. The standard InChI is InChI=1S/C25H37N9O5S/c1-12-19-18(13(2)29-17(35)10-33-11-28-30-31-33)23(37)34(19)20(24(38)39)21(12)40-15-7-16(27-8-15)22(36)32-6-5-14(9-32)25(3,4)26/h11-16,18-19,27H,5-10,26H2,1-4H3,(H,29,35)(H,38,39)/t12-,13-,14?,15+,16?,18-,19-/m1/s1. The van der Waals surface area contributed by atoms with Crippen LogP contribution in [0.2, 0.25) is 0 Å². The average Bonchev–Trinajstić information content (AvgIpc) is 3.66. The van der Waals surface area contributed by atoms with Gasteiger partial charge in [0.15, 0.2) is 0 Å². The quantitative estimate of drug-likeness (QED) is 0.264. The summed E-state index contributed by atoms with van der Waals surface area (Å²) in [4.78, 5) is 55.0. The van der Waals surface area contributed by atoms with Crippen molar-refractivity contribution in [3.05, 3.63) is 16.9 Å². The molecule has 4 aliphatic heterocycles. The Morgan fingerprint density at radius 1 is 1.35 bits per heavy atom. The number of nitrogens with zero attached hydrogens (tertiary/aromatic N) is 6. The molecule has 0 radical (unpaired) electrons. The fourth-order valence-electron chi connectivity index (χ4n) is 6.43. The second-order valence-corrected chi connectivity index (χ2v) is 13.3. The molecule has 0 bridgehead atoms. The van der Waals surface area contributed by atoms with E-state index in [1.54, 1.807) is 6.92 Å². The maximum Gasteiger partial charge on any atom is 0.353 e. The first-order chi connectivity index (χ1) is 18.9. The Morgan fingerprint density at radius 3 is 2.73 bits per heavy atom. The van der Waals surface area contributed by atoms with Crippen molar-refractivity contribution >= 4 is 35.5 Å². The summed E-state index contributed by atoms with van der Waals surface area (Å²) < 4.78 is 1.28. The van der Waals surface area contributed by atoms with Crippen molar-refractivity contribution in [2.24, 2.45) is 23.5 Å². The number of hydrogen-bond donors (Lipinski definition) is 4. The Bertz CT molecular complexity index is 1220. The van der Waals surface area contributed by atoms with Crippen LogP contribution >= 0.6 is 11.8 Å². The van der Waals surface area contributed by atoms with Crippen molar-refractivity contribution in [1.29, 1.82) is 0 Å². The number of nitrogens with two attached hydrogens (primary N) is 1. The number of fused-ring (bicyclic) bond motifs is 1. The number of β-lactam (4-membered cyclic amide) rings is 1. The average molecular weight is 576 g/mol. The number of likely N-dealkylation sites (tertiary alicyclic amines) is 1. The number of nitrogens with one attached hydrogen (secondary N) is 2. The van der Waals surface area contributed by atoms with Crippen LogP contribution in [0.4, 0.5) is 0 Å². The highest BCUT2D eigenvalue weighted by atomic mass is 32.2. The number of aliphatic carboxylic acids is 1. The lowest BCUT2D eigenvalue weighted by molar-refractivity contribution is -0.158. The monoisotopic (exact) mass is 575 g/mol. The van der Waals surface area contributed by atoms with Crippen LogP contribution in [0.5, 0.6) is 0 Å². The summed E-state index contributed by atoms with van der Waals surface area (Å²) in [5.74, 6) is -2.26. The van der Waals surface area contributed by atoms with E-state index >= 15 is 0 Å². The SMILES string of the molecule is C[C@@H](NC(=O)Cn1cnnn1)[C@H]1C(=O)N2C(C(=O)O)=C(S[C@@H]3CNC(C(=O)N4CCC(C(C)(C)N)C4)C3)[C@H](C)[C@H]12. The molecule has 14 nitrogen and oxygen atoms in total. The predicted molar refractivity (Wildman–Crippen MR) is 144 cm³/mol. The third kappa shape index (κ3) is 5.21. The first-order valence-corrected chi connectivity index (χ1v) is 14.5. The highest BCUT2D eigenvalue weighted by Crippen LogP contribution is 2.52. The number of carboxylic acids is 1. The molecule has 1 aromatic rings. The van der Waals surface area contributed by atoms with Gasteiger partial charge in [-0.15, -0.1) is 16.9 Å². The lowest BCUT2D eigenvalue weighted by Gasteiger charge is -2.47. The van der Waals surface area contributed by atoms with Gasteiger partial charge in [0.1, 0.15) is 18.6 Å². The van der Waals surface area contributed by atoms with Crippen molar-refractivity contribution in [1.82, 2.24) is 40.6 Å². The van der Waals surface area contributed by atoms with Gasteiger partial charge in [0.25, 0.3) is 0 Å². The summed E-state index contributed by atoms with van der Waals surface area (Å²) in [5.41, 5.74) is 5.94. The topological polar surface area (TPSA) is 189 Å². The van der Waals surface area contributed by atoms with Gasteiger partial charge in [-0.3, -0.25) is 14.4 Å². The third-order valence-electron chi connectivity index (χ3n) is 8.65. The summed E-state index contributed by atoms with van der Waals surface area (Å²) >= 11 is 1.45. The zero-order chi connectivity index (χ0) is 28.9. The van der Waals surface area contributed by atoms with Gasteiger partial charge in [0.2, 0.25) is 17.7 Å². The van der Waals surface area contributed by atoms with E-state index in [1.807, 2.05) is 25.7 Å². The van der Waals surface area contributed by atoms with Gasteiger partial charge in [-0.1, -0.05) is 6.92 Å². The number of aromatic nitrogens is 4. The molecule has 0 aromatic carbocycles. The normalized spacial score (nSPS) is 30.9. The van der Waals surface area contributed by atoms with E-state index in [-0.39, 0.29) is 64.7 Å². The first-order valence-electron chi connectivity index (χ1n) is 13.6. The summed E-state index contributed by atoms with van der Waals surface area (Å²) in [6.07, 6.45) is 2.78. The van der Waals surface area contributed by atoms with Crippen LogP contribution in [0.3, 0.4) is 0 Å². The highest BCUT2D eigenvalue weighted by Gasteiger charge is 2.60. The molecule has 15 heteroatoms. The van der Waals surface area contributed by atoms with Gasteiger partial charge < -0.3 is 31.3 Å². The van der Waals surface area contributed by atoms with E-state index in [2.05, 4.69) is 26.2 Å². The molecule has 5 heterocycles. The van der Waals surface area contributed by atoms with Crippen molar-refractivity contribution in [3.63, 3.8) is 0 Å². The summed E-state index contributed by atoms with van der Waals surface area (Å²) in [6.45, 7) is 9.48. The van der Waals surface area contributed by atoms with Crippen LogP contribution in [0.15, 0.2) is 16.9 Å². The van der Waals surface area contributed by atoms with Crippen LogP contribution in [0, 0.1) is 17.8 Å². The molecule has 7 atom stereocenters. The molecule has 0 aliphatic carbocycles. The van der Waals surface area contributed by atoms with Crippen molar-refractivity contribution in [2.75, 3.05) is 19.6 Å². The Balaban J connectivity index is 1.21. The number of amides is 3. The van der Waals surface area contributed by atoms with Gasteiger partial charge in [-0.2, -0.15) is 0 Å². The Hall–Kier alpha value is -3.04. The predicted octanol–water partition coefficient (Wildman–Crippen LogP) is -1.000. The van der Waals surface area contributed by atoms with E-state index in [1.165, 1.54) is 27.7 Å².